The summed E-state index contributed by atoms with van der Waals surface area (Å²) in [4.78, 5) is 0. The maximum Gasteiger partial charge on any atom is 0.123 e. The van der Waals surface area contributed by atoms with Gasteiger partial charge in [0.05, 0.1) is 6.61 Å². The van der Waals surface area contributed by atoms with E-state index in [1.165, 1.54) is 0 Å². The lowest BCUT2D eigenvalue weighted by Gasteiger charge is -2.18. The van der Waals surface area contributed by atoms with E-state index in [1.807, 2.05) is 38.1 Å². The second-order valence-electron chi connectivity index (χ2n) is 4.93. The lowest BCUT2D eigenvalue weighted by molar-refractivity contribution is 0.335. The number of para-hydroxylation sites is 1. The van der Waals surface area contributed by atoms with E-state index in [-0.39, 0.29) is 6.04 Å². The van der Waals surface area contributed by atoms with Crippen molar-refractivity contribution in [3.05, 3.63) is 62.6 Å². The van der Waals surface area contributed by atoms with E-state index in [9.17, 15) is 0 Å². The van der Waals surface area contributed by atoms with Crippen molar-refractivity contribution in [2.45, 2.75) is 26.4 Å². The molecule has 1 unspecified atom stereocenters. The number of hydrogen-bond donors (Lipinski definition) is 1. The van der Waals surface area contributed by atoms with Crippen molar-refractivity contribution in [3.63, 3.8) is 0 Å². The zero-order chi connectivity index (χ0) is 16.1. The normalized spacial score (nSPS) is 12.2. The molecule has 0 heterocycles. The molecule has 2 aromatic carbocycles. The number of ether oxygens (including phenoxy) is 1. The van der Waals surface area contributed by atoms with Gasteiger partial charge in [-0.05, 0) is 32.0 Å². The summed E-state index contributed by atoms with van der Waals surface area (Å²) in [5, 5.41) is 5.09. The zero-order valence-electron chi connectivity index (χ0n) is 12.5. The summed E-state index contributed by atoms with van der Waals surface area (Å²) in [7, 11) is 0. The minimum Gasteiger partial charge on any atom is -0.494 e. The fourth-order valence-corrected chi connectivity index (χ4v) is 3.42. The Kier molecular flexibility index (Phi) is 6.39. The molecule has 2 aromatic rings. The van der Waals surface area contributed by atoms with Crippen molar-refractivity contribution >= 4 is 34.8 Å². The molecule has 0 fully saturated rings. The van der Waals surface area contributed by atoms with Gasteiger partial charge in [0.1, 0.15) is 5.75 Å². The van der Waals surface area contributed by atoms with E-state index in [2.05, 4.69) is 5.32 Å². The Morgan fingerprint density at radius 3 is 2.36 bits per heavy atom. The van der Waals surface area contributed by atoms with Gasteiger partial charge in [0.15, 0.2) is 0 Å². The lowest BCUT2D eigenvalue weighted by atomic mass is 10.1. The van der Waals surface area contributed by atoms with Crippen LogP contribution >= 0.6 is 34.8 Å². The standard InChI is InChI=1S/C17H18Cl3NO/c1-3-22-16-7-5-4-6-12(16)10-21-11(2)17-14(19)8-13(18)9-15(17)20/h4-9,11,21H,3,10H2,1-2H3. The Morgan fingerprint density at radius 2 is 1.73 bits per heavy atom. The molecule has 0 aliphatic heterocycles. The van der Waals surface area contributed by atoms with Crippen LogP contribution in [0.15, 0.2) is 36.4 Å². The van der Waals surface area contributed by atoms with Gasteiger partial charge in [-0.3, -0.25) is 0 Å². The van der Waals surface area contributed by atoms with Gasteiger partial charge in [-0.1, -0.05) is 53.0 Å². The molecule has 0 bridgehead atoms. The molecular weight excluding hydrogens is 341 g/mol. The molecule has 0 radical (unpaired) electrons. The first-order chi connectivity index (χ1) is 10.5. The Balaban J connectivity index is 2.12. The van der Waals surface area contributed by atoms with Crippen LogP contribution < -0.4 is 10.1 Å². The third kappa shape index (κ3) is 4.30. The van der Waals surface area contributed by atoms with E-state index in [1.54, 1.807) is 12.1 Å². The number of benzene rings is 2. The second-order valence-corrected chi connectivity index (χ2v) is 6.18. The summed E-state index contributed by atoms with van der Waals surface area (Å²) in [5.74, 6) is 0.887. The fourth-order valence-electron chi connectivity index (χ4n) is 2.28. The molecule has 0 aliphatic carbocycles. The molecule has 1 N–H and O–H groups in total. The van der Waals surface area contributed by atoms with E-state index in [4.69, 9.17) is 39.5 Å². The van der Waals surface area contributed by atoms with Crippen LogP contribution in [0.2, 0.25) is 15.1 Å². The molecule has 2 rings (SSSR count). The maximum atomic E-state index is 6.26. The first kappa shape index (κ1) is 17.4. The van der Waals surface area contributed by atoms with Gasteiger partial charge in [-0.15, -0.1) is 0 Å². The fraction of sp³-hybridized carbons (Fsp3) is 0.294. The van der Waals surface area contributed by atoms with E-state index >= 15 is 0 Å². The van der Waals surface area contributed by atoms with Crippen molar-refractivity contribution < 1.29 is 4.74 Å². The lowest BCUT2D eigenvalue weighted by Crippen LogP contribution is -2.19. The van der Waals surface area contributed by atoms with Crippen LogP contribution in [-0.4, -0.2) is 6.61 Å². The number of hydrogen-bond acceptors (Lipinski definition) is 2. The molecule has 0 saturated heterocycles. The SMILES string of the molecule is CCOc1ccccc1CNC(C)c1c(Cl)cc(Cl)cc1Cl. The van der Waals surface area contributed by atoms with Crippen LogP contribution in [-0.2, 0) is 6.54 Å². The first-order valence-electron chi connectivity index (χ1n) is 7.11. The number of nitrogens with one attached hydrogen (secondary N) is 1. The summed E-state index contributed by atoms with van der Waals surface area (Å²) in [5.41, 5.74) is 1.94. The predicted octanol–water partition coefficient (Wildman–Crippen LogP) is 5.90. The summed E-state index contributed by atoms with van der Waals surface area (Å²) in [6, 6.07) is 11.4. The molecule has 5 heteroatoms. The van der Waals surface area contributed by atoms with Crippen LogP contribution in [0.25, 0.3) is 0 Å². The van der Waals surface area contributed by atoms with E-state index in [0.717, 1.165) is 16.9 Å². The van der Waals surface area contributed by atoms with Gasteiger partial charge in [-0.2, -0.15) is 0 Å². The van der Waals surface area contributed by atoms with Crippen LogP contribution in [0.1, 0.15) is 31.0 Å². The Labute approximate surface area is 146 Å². The summed E-state index contributed by atoms with van der Waals surface area (Å²) < 4.78 is 5.63. The van der Waals surface area contributed by atoms with Crippen molar-refractivity contribution in [2.75, 3.05) is 6.61 Å². The number of halogens is 3. The predicted molar refractivity (Wildman–Crippen MR) is 94.3 cm³/mol. The average Bonchev–Trinajstić information content (AvgIpc) is 2.45. The highest BCUT2D eigenvalue weighted by Gasteiger charge is 2.15. The third-order valence-electron chi connectivity index (χ3n) is 3.35. The van der Waals surface area contributed by atoms with E-state index in [0.29, 0.717) is 28.2 Å². The number of rotatable bonds is 6. The minimum absolute atomic E-state index is 0.00745. The van der Waals surface area contributed by atoms with Crippen LogP contribution in [0.5, 0.6) is 5.75 Å². The molecule has 118 valence electrons. The summed E-state index contributed by atoms with van der Waals surface area (Å²) in [6.07, 6.45) is 0. The van der Waals surface area contributed by atoms with Crippen LogP contribution in [0.3, 0.4) is 0 Å². The van der Waals surface area contributed by atoms with Gasteiger partial charge >= 0.3 is 0 Å². The minimum atomic E-state index is -0.00745. The van der Waals surface area contributed by atoms with Crippen molar-refractivity contribution in [1.29, 1.82) is 0 Å². The van der Waals surface area contributed by atoms with Gasteiger partial charge in [0.2, 0.25) is 0 Å². The largest absolute Gasteiger partial charge is 0.494 e. The highest BCUT2D eigenvalue weighted by molar-refractivity contribution is 6.39. The summed E-state index contributed by atoms with van der Waals surface area (Å²) in [6.45, 7) is 5.29. The zero-order valence-corrected chi connectivity index (χ0v) is 14.8. The molecule has 22 heavy (non-hydrogen) atoms. The van der Waals surface area contributed by atoms with Gasteiger partial charge < -0.3 is 10.1 Å². The Bertz CT molecular complexity index is 623. The Morgan fingerprint density at radius 1 is 1.09 bits per heavy atom. The molecule has 0 amide bonds. The third-order valence-corrected chi connectivity index (χ3v) is 4.19. The van der Waals surface area contributed by atoms with Crippen LogP contribution in [0.4, 0.5) is 0 Å². The quantitative estimate of drug-likeness (QED) is 0.694. The summed E-state index contributed by atoms with van der Waals surface area (Å²) >= 11 is 18.5. The molecule has 0 spiro atoms. The second kappa shape index (κ2) is 8.07. The molecule has 0 aromatic heterocycles. The molecule has 0 saturated carbocycles. The highest BCUT2D eigenvalue weighted by atomic mass is 35.5. The molecule has 2 nitrogen and oxygen atoms in total. The van der Waals surface area contributed by atoms with Crippen molar-refractivity contribution in [2.24, 2.45) is 0 Å². The first-order valence-corrected chi connectivity index (χ1v) is 8.24. The van der Waals surface area contributed by atoms with Crippen molar-refractivity contribution in [1.82, 2.24) is 5.32 Å². The molecule has 0 aliphatic rings. The van der Waals surface area contributed by atoms with Crippen molar-refractivity contribution in [3.8, 4) is 5.75 Å². The van der Waals surface area contributed by atoms with Gasteiger partial charge in [-0.25, -0.2) is 0 Å². The average molecular weight is 359 g/mol. The highest BCUT2D eigenvalue weighted by Crippen LogP contribution is 2.33. The topological polar surface area (TPSA) is 21.3 Å². The smallest absolute Gasteiger partial charge is 0.123 e. The van der Waals surface area contributed by atoms with Gasteiger partial charge in [0, 0.05) is 38.8 Å². The maximum absolute atomic E-state index is 6.26. The van der Waals surface area contributed by atoms with Crippen LogP contribution in [0, 0.1) is 0 Å². The molecular formula is C17H18Cl3NO. The molecule has 1 atom stereocenters. The monoisotopic (exact) mass is 357 g/mol. The Hall–Kier alpha value is -0.930. The van der Waals surface area contributed by atoms with E-state index < -0.39 is 0 Å². The van der Waals surface area contributed by atoms with Gasteiger partial charge in [0.25, 0.3) is 0 Å².